The first-order chi connectivity index (χ1) is 6.81. The van der Waals surface area contributed by atoms with Gasteiger partial charge in [0.05, 0.1) is 9.86 Å². The number of halogens is 1. The molecule has 0 aliphatic rings. The summed E-state index contributed by atoms with van der Waals surface area (Å²) >= 11 is 5.08. The van der Waals surface area contributed by atoms with E-state index >= 15 is 0 Å². The van der Waals surface area contributed by atoms with E-state index in [0.29, 0.717) is 0 Å². The van der Waals surface area contributed by atoms with Crippen molar-refractivity contribution in [3.05, 3.63) is 28.2 Å². The third kappa shape index (κ3) is 2.25. The van der Waals surface area contributed by atoms with Crippen LogP contribution >= 0.6 is 27.3 Å². The van der Waals surface area contributed by atoms with E-state index < -0.39 is 0 Å². The Morgan fingerprint density at radius 2 is 2.14 bits per heavy atom. The van der Waals surface area contributed by atoms with E-state index in [9.17, 15) is 0 Å². The highest BCUT2D eigenvalue weighted by atomic mass is 79.9. The number of hydrogen-bond donors (Lipinski definition) is 0. The SMILES string of the molecule is CC.CO[n+]1cc(Br)cc2ccsc21. The molecule has 0 radical (unpaired) electrons. The topological polar surface area (TPSA) is 13.1 Å². The van der Waals surface area contributed by atoms with E-state index in [2.05, 4.69) is 28.1 Å². The second-order valence-corrected chi connectivity index (χ2v) is 4.16. The summed E-state index contributed by atoms with van der Waals surface area (Å²) in [6, 6.07) is 4.14. The minimum Gasteiger partial charge on any atom is -0.273 e. The maximum atomic E-state index is 5.16. The van der Waals surface area contributed by atoms with Gasteiger partial charge in [-0.2, -0.15) is 0 Å². The number of nitrogens with zero attached hydrogens (tertiary/aromatic N) is 1. The van der Waals surface area contributed by atoms with Crippen molar-refractivity contribution in [3.63, 3.8) is 0 Å². The molecular weight excluding hydrogens is 262 g/mol. The monoisotopic (exact) mass is 274 g/mol. The van der Waals surface area contributed by atoms with Gasteiger partial charge in [-0.25, -0.2) is 0 Å². The van der Waals surface area contributed by atoms with Crippen molar-refractivity contribution in [2.24, 2.45) is 0 Å². The molecule has 0 N–H and O–H groups in total. The number of aromatic nitrogens is 1. The van der Waals surface area contributed by atoms with E-state index in [1.807, 2.05) is 25.4 Å². The number of fused-ring (bicyclic) bond motifs is 1. The zero-order valence-electron chi connectivity index (χ0n) is 8.45. The maximum absolute atomic E-state index is 5.16. The molecule has 0 unspecified atom stereocenters. The Hall–Kier alpha value is -0.610. The molecule has 2 aromatic rings. The Kier molecular flexibility index (Phi) is 4.35. The molecular formula is C10H13BrNOS+. The third-order valence-electron chi connectivity index (χ3n) is 1.61. The van der Waals surface area contributed by atoms with Gasteiger partial charge in [-0.05, 0) is 33.4 Å². The first-order valence-corrected chi connectivity index (χ1v) is 6.11. The van der Waals surface area contributed by atoms with E-state index in [-0.39, 0.29) is 0 Å². The Labute approximate surface area is 96.2 Å². The van der Waals surface area contributed by atoms with Crippen LogP contribution in [-0.4, -0.2) is 7.11 Å². The van der Waals surface area contributed by atoms with Gasteiger partial charge in [-0.1, -0.05) is 25.2 Å². The van der Waals surface area contributed by atoms with E-state index in [4.69, 9.17) is 4.84 Å². The van der Waals surface area contributed by atoms with Gasteiger partial charge in [-0.3, -0.25) is 4.84 Å². The van der Waals surface area contributed by atoms with Gasteiger partial charge in [0.2, 0.25) is 6.20 Å². The molecule has 14 heavy (non-hydrogen) atoms. The van der Waals surface area contributed by atoms with Gasteiger partial charge in [0.15, 0.2) is 0 Å². The lowest BCUT2D eigenvalue weighted by Gasteiger charge is -1.92. The largest absolute Gasteiger partial charge is 0.319 e. The summed E-state index contributed by atoms with van der Waals surface area (Å²) in [7, 11) is 1.66. The average molecular weight is 275 g/mol. The highest BCUT2D eigenvalue weighted by Crippen LogP contribution is 2.19. The van der Waals surface area contributed by atoms with Crippen molar-refractivity contribution < 1.29 is 9.57 Å². The lowest BCUT2D eigenvalue weighted by Crippen LogP contribution is -2.40. The van der Waals surface area contributed by atoms with Crippen LogP contribution in [0.4, 0.5) is 0 Å². The minimum atomic E-state index is 1.02. The molecule has 0 saturated carbocycles. The number of thiophene rings is 1. The molecule has 0 saturated heterocycles. The minimum absolute atomic E-state index is 1.02. The molecule has 2 aromatic heterocycles. The number of rotatable bonds is 1. The predicted octanol–water partition coefficient (Wildman–Crippen LogP) is 3.04. The van der Waals surface area contributed by atoms with Crippen LogP contribution in [0.15, 0.2) is 28.2 Å². The predicted molar refractivity (Wildman–Crippen MR) is 63.6 cm³/mol. The van der Waals surface area contributed by atoms with Crippen molar-refractivity contribution in [1.82, 2.24) is 0 Å². The van der Waals surface area contributed by atoms with Crippen LogP contribution < -0.4 is 9.57 Å². The molecule has 2 heterocycles. The zero-order valence-corrected chi connectivity index (χ0v) is 10.9. The molecule has 0 amide bonds. The highest BCUT2D eigenvalue weighted by Gasteiger charge is 2.11. The molecule has 0 atom stereocenters. The van der Waals surface area contributed by atoms with Crippen molar-refractivity contribution in [2.45, 2.75) is 13.8 Å². The standard InChI is InChI=1S/C8H7BrNOS.C2H6/c1-11-10-5-7(9)4-6-2-3-12-8(6)10;1-2/h2-5H,1H3;1-2H3/q+1;. The second-order valence-electron chi connectivity index (χ2n) is 2.35. The summed E-state index contributed by atoms with van der Waals surface area (Å²) in [5.74, 6) is 0. The van der Waals surface area contributed by atoms with Crippen molar-refractivity contribution in [1.29, 1.82) is 0 Å². The van der Waals surface area contributed by atoms with Gasteiger partial charge in [-0.15, -0.1) is 0 Å². The van der Waals surface area contributed by atoms with E-state index in [0.717, 1.165) is 9.30 Å². The smallest absolute Gasteiger partial charge is 0.273 e. The summed E-state index contributed by atoms with van der Waals surface area (Å²) in [6.45, 7) is 4.00. The van der Waals surface area contributed by atoms with E-state index in [1.54, 1.807) is 23.2 Å². The van der Waals surface area contributed by atoms with Crippen LogP contribution in [-0.2, 0) is 0 Å². The lowest BCUT2D eigenvalue weighted by molar-refractivity contribution is -0.864. The fraction of sp³-hybridized carbons (Fsp3) is 0.300. The fourth-order valence-electron chi connectivity index (χ4n) is 1.09. The Morgan fingerprint density at radius 3 is 2.79 bits per heavy atom. The second kappa shape index (κ2) is 5.32. The quantitative estimate of drug-likeness (QED) is 0.729. The molecule has 4 heteroatoms. The number of hydrogen-bond acceptors (Lipinski definition) is 2. The fourth-order valence-corrected chi connectivity index (χ4v) is 2.36. The molecule has 2 rings (SSSR count). The molecule has 76 valence electrons. The van der Waals surface area contributed by atoms with Crippen LogP contribution in [0.2, 0.25) is 0 Å². The maximum Gasteiger partial charge on any atom is 0.319 e. The van der Waals surface area contributed by atoms with Gasteiger partial charge < -0.3 is 0 Å². The Balaban J connectivity index is 0.000000461. The number of pyridine rings is 1. The van der Waals surface area contributed by atoms with Gasteiger partial charge >= 0.3 is 4.83 Å². The molecule has 0 spiro atoms. The van der Waals surface area contributed by atoms with Gasteiger partial charge in [0.1, 0.15) is 7.11 Å². The summed E-state index contributed by atoms with van der Waals surface area (Å²) in [6.07, 6.45) is 1.90. The molecule has 2 nitrogen and oxygen atoms in total. The molecule has 0 aliphatic heterocycles. The van der Waals surface area contributed by atoms with E-state index in [1.165, 1.54) is 5.39 Å². The van der Waals surface area contributed by atoms with Crippen LogP contribution in [0.25, 0.3) is 10.2 Å². The Morgan fingerprint density at radius 1 is 1.43 bits per heavy atom. The van der Waals surface area contributed by atoms with Crippen molar-refractivity contribution in [2.75, 3.05) is 7.11 Å². The van der Waals surface area contributed by atoms with Crippen LogP contribution in [0.1, 0.15) is 13.8 Å². The average Bonchev–Trinajstić information content (AvgIpc) is 2.67. The Bertz CT molecular complexity index is 413. The van der Waals surface area contributed by atoms with Crippen LogP contribution in [0.5, 0.6) is 0 Å². The highest BCUT2D eigenvalue weighted by molar-refractivity contribution is 9.10. The normalized spacial score (nSPS) is 9.43. The summed E-state index contributed by atoms with van der Waals surface area (Å²) < 4.78 is 2.78. The first kappa shape index (κ1) is 11.5. The molecule has 0 bridgehead atoms. The van der Waals surface area contributed by atoms with Gasteiger partial charge in [0, 0.05) is 4.73 Å². The summed E-state index contributed by atoms with van der Waals surface area (Å²) in [5.41, 5.74) is 0. The zero-order chi connectivity index (χ0) is 10.6. The third-order valence-corrected chi connectivity index (χ3v) is 2.95. The van der Waals surface area contributed by atoms with Crippen LogP contribution in [0, 0.1) is 0 Å². The molecule has 0 aliphatic carbocycles. The first-order valence-electron chi connectivity index (χ1n) is 4.44. The summed E-state index contributed by atoms with van der Waals surface area (Å²) in [4.78, 5) is 6.29. The molecule has 0 fully saturated rings. The lowest BCUT2D eigenvalue weighted by atomic mass is 10.3. The van der Waals surface area contributed by atoms with Crippen molar-refractivity contribution >= 4 is 37.5 Å². The van der Waals surface area contributed by atoms with Gasteiger partial charge in [0.25, 0.3) is 0 Å². The van der Waals surface area contributed by atoms with Crippen LogP contribution in [0.3, 0.4) is 0 Å². The molecule has 0 aromatic carbocycles. The van der Waals surface area contributed by atoms with Crippen molar-refractivity contribution in [3.8, 4) is 0 Å². The summed E-state index contributed by atoms with van der Waals surface area (Å²) in [5, 5.41) is 3.24.